The van der Waals surface area contributed by atoms with E-state index in [0.29, 0.717) is 17.2 Å². The zero-order valence-electron chi connectivity index (χ0n) is 9.34. The van der Waals surface area contributed by atoms with Gasteiger partial charge in [0.15, 0.2) is 0 Å². The molecule has 18 heavy (non-hydrogen) atoms. The summed E-state index contributed by atoms with van der Waals surface area (Å²) in [7, 11) is 0. The fourth-order valence-corrected chi connectivity index (χ4v) is 1.67. The Hall–Kier alpha value is -1.88. The smallest absolute Gasteiger partial charge is 0.307 e. The van der Waals surface area contributed by atoms with Gasteiger partial charge in [-0.25, -0.2) is 4.98 Å². The highest BCUT2D eigenvalue weighted by atomic mass is 79.9. The molecule has 0 aliphatic heterocycles. The molecule has 1 N–H and O–H groups in total. The van der Waals surface area contributed by atoms with Crippen LogP contribution in [0.25, 0.3) is 0 Å². The molecule has 0 saturated heterocycles. The summed E-state index contributed by atoms with van der Waals surface area (Å²) >= 11 is 3.29. The van der Waals surface area contributed by atoms with Gasteiger partial charge in [0, 0.05) is 16.7 Å². The van der Waals surface area contributed by atoms with Gasteiger partial charge < -0.3 is 9.84 Å². The Morgan fingerprint density at radius 1 is 1.33 bits per heavy atom. The second kappa shape index (κ2) is 5.64. The average molecular weight is 308 g/mol. The van der Waals surface area contributed by atoms with Crippen LogP contribution >= 0.6 is 15.9 Å². The second-order valence-corrected chi connectivity index (χ2v) is 4.55. The van der Waals surface area contributed by atoms with Gasteiger partial charge in [0.25, 0.3) is 0 Å². The highest BCUT2D eigenvalue weighted by Crippen LogP contribution is 2.21. The van der Waals surface area contributed by atoms with E-state index in [1.165, 1.54) is 0 Å². The Kier molecular flexibility index (Phi) is 3.94. The van der Waals surface area contributed by atoms with E-state index in [4.69, 9.17) is 9.84 Å². The number of carboxylic acid groups (broad SMARTS) is 1. The van der Waals surface area contributed by atoms with E-state index in [9.17, 15) is 4.79 Å². The lowest BCUT2D eigenvalue weighted by Gasteiger charge is -2.05. The van der Waals surface area contributed by atoms with Crippen molar-refractivity contribution in [2.24, 2.45) is 0 Å². The van der Waals surface area contributed by atoms with Crippen LogP contribution in [0.5, 0.6) is 11.6 Å². The number of ether oxygens (including phenoxy) is 1. The van der Waals surface area contributed by atoms with Crippen molar-refractivity contribution in [3.63, 3.8) is 0 Å². The van der Waals surface area contributed by atoms with E-state index in [1.54, 1.807) is 36.5 Å². The largest absolute Gasteiger partial charge is 0.481 e. The lowest BCUT2D eigenvalue weighted by Crippen LogP contribution is -1.99. The molecule has 92 valence electrons. The summed E-state index contributed by atoms with van der Waals surface area (Å²) in [6, 6.07) is 10.5. The summed E-state index contributed by atoms with van der Waals surface area (Å²) < 4.78 is 6.40. The number of aromatic nitrogens is 1. The lowest BCUT2D eigenvalue weighted by atomic mass is 10.1. The maximum atomic E-state index is 10.6. The molecule has 1 aromatic carbocycles. The fraction of sp³-hybridized carbons (Fsp3) is 0.0769. The van der Waals surface area contributed by atoms with Crippen molar-refractivity contribution >= 4 is 21.9 Å². The predicted octanol–water partition coefficient (Wildman–Crippen LogP) is 3.26. The lowest BCUT2D eigenvalue weighted by molar-refractivity contribution is -0.136. The van der Waals surface area contributed by atoms with Crippen molar-refractivity contribution in [3.05, 3.63) is 52.6 Å². The Morgan fingerprint density at radius 3 is 2.83 bits per heavy atom. The maximum Gasteiger partial charge on any atom is 0.307 e. The topological polar surface area (TPSA) is 59.4 Å². The number of benzene rings is 1. The van der Waals surface area contributed by atoms with Crippen LogP contribution in [-0.2, 0) is 11.2 Å². The standard InChI is InChI=1S/C13H10BrNO3/c14-10-4-5-12(15-8-10)18-11-3-1-2-9(6-11)7-13(16)17/h1-6,8H,7H2,(H,16,17). The molecule has 0 amide bonds. The summed E-state index contributed by atoms with van der Waals surface area (Å²) in [6.07, 6.45) is 1.61. The first kappa shape index (κ1) is 12.6. The predicted molar refractivity (Wildman–Crippen MR) is 69.8 cm³/mol. The average Bonchev–Trinajstić information content (AvgIpc) is 2.32. The van der Waals surface area contributed by atoms with Gasteiger partial charge in [0.05, 0.1) is 6.42 Å². The van der Waals surface area contributed by atoms with E-state index < -0.39 is 5.97 Å². The number of hydrogen-bond donors (Lipinski definition) is 1. The highest BCUT2D eigenvalue weighted by Gasteiger charge is 2.03. The Morgan fingerprint density at radius 2 is 2.17 bits per heavy atom. The summed E-state index contributed by atoms with van der Waals surface area (Å²) in [4.78, 5) is 14.7. The third-order valence-electron chi connectivity index (χ3n) is 2.18. The first-order valence-electron chi connectivity index (χ1n) is 5.23. The number of hydrogen-bond acceptors (Lipinski definition) is 3. The SMILES string of the molecule is O=C(O)Cc1cccc(Oc2ccc(Br)cn2)c1. The number of nitrogens with zero attached hydrogens (tertiary/aromatic N) is 1. The minimum absolute atomic E-state index is 0.0229. The van der Waals surface area contributed by atoms with E-state index in [2.05, 4.69) is 20.9 Å². The molecular weight excluding hydrogens is 298 g/mol. The minimum Gasteiger partial charge on any atom is -0.481 e. The molecule has 4 nitrogen and oxygen atoms in total. The van der Waals surface area contributed by atoms with Gasteiger partial charge in [-0.2, -0.15) is 0 Å². The summed E-state index contributed by atoms with van der Waals surface area (Å²) in [5.74, 6) is 0.170. The fourth-order valence-electron chi connectivity index (χ4n) is 1.44. The van der Waals surface area contributed by atoms with Gasteiger partial charge in [0.2, 0.25) is 5.88 Å². The Balaban J connectivity index is 2.13. The molecule has 2 rings (SSSR count). The van der Waals surface area contributed by atoms with Gasteiger partial charge in [0.1, 0.15) is 5.75 Å². The molecule has 0 atom stereocenters. The molecule has 1 heterocycles. The van der Waals surface area contributed by atoms with Crippen molar-refractivity contribution in [3.8, 4) is 11.6 Å². The molecule has 0 aliphatic carbocycles. The van der Waals surface area contributed by atoms with Crippen LogP contribution in [0, 0.1) is 0 Å². The number of carbonyl (C=O) groups is 1. The molecule has 1 aromatic heterocycles. The van der Waals surface area contributed by atoms with Crippen LogP contribution in [0.1, 0.15) is 5.56 Å². The first-order valence-corrected chi connectivity index (χ1v) is 6.03. The van der Waals surface area contributed by atoms with Crippen molar-refractivity contribution in [1.82, 2.24) is 4.98 Å². The van der Waals surface area contributed by atoms with Crippen molar-refractivity contribution < 1.29 is 14.6 Å². The third-order valence-corrected chi connectivity index (χ3v) is 2.65. The zero-order valence-corrected chi connectivity index (χ0v) is 10.9. The van der Waals surface area contributed by atoms with Gasteiger partial charge in [-0.15, -0.1) is 0 Å². The molecular formula is C13H10BrNO3. The summed E-state index contributed by atoms with van der Waals surface area (Å²) in [5.41, 5.74) is 0.692. The van der Waals surface area contributed by atoms with Crippen LogP contribution in [0.3, 0.4) is 0 Å². The van der Waals surface area contributed by atoms with Crippen LogP contribution in [0.4, 0.5) is 0 Å². The van der Waals surface area contributed by atoms with E-state index in [-0.39, 0.29) is 6.42 Å². The van der Waals surface area contributed by atoms with Crippen molar-refractivity contribution in [1.29, 1.82) is 0 Å². The molecule has 0 saturated carbocycles. The molecule has 0 aliphatic rings. The highest BCUT2D eigenvalue weighted by molar-refractivity contribution is 9.10. The van der Waals surface area contributed by atoms with Crippen molar-refractivity contribution in [2.75, 3.05) is 0 Å². The summed E-state index contributed by atoms with van der Waals surface area (Å²) in [5, 5.41) is 8.72. The Bertz CT molecular complexity index is 554. The van der Waals surface area contributed by atoms with E-state index in [1.807, 2.05) is 6.07 Å². The second-order valence-electron chi connectivity index (χ2n) is 3.63. The number of rotatable bonds is 4. The maximum absolute atomic E-state index is 10.6. The van der Waals surface area contributed by atoms with Crippen LogP contribution in [0.2, 0.25) is 0 Å². The molecule has 0 radical (unpaired) electrons. The molecule has 2 aromatic rings. The summed E-state index contributed by atoms with van der Waals surface area (Å²) in [6.45, 7) is 0. The van der Waals surface area contributed by atoms with Gasteiger partial charge in [-0.05, 0) is 39.7 Å². The van der Waals surface area contributed by atoms with Crippen molar-refractivity contribution in [2.45, 2.75) is 6.42 Å². The normalized spacial score (nSPS) is 10.1. The quantitative estimate of drug-likeness (QED) is 0.942. The zero-order chi connectivity index (χ0) is 13.0. The molecule has 0 unspecified atom stereocenters. The van der Waals surface area contributed by atoms with Gasteiger partial charge in [-0.1, -0.05) is 12.1 Å². The van der Waals surface area contributed by atoms with Crippen LogP contribution < -0.4 is 4.74 Å². The molecule has 0 spiro atoms. The monoisotopic (exact) mass is 307 g/mol. The first-order chi connectivity index (χ1) is 8.63. The number of pyridine rings is 1. The van der Waals surface area contributed by atoms with E-state index >= 15 is 0 Å². The molecule has 0 fully saturated rings. The minimum atomic E-state index is -0.867. The Labute approximate surface area is 112 Å². The van der Waals surface area contributed by atoms with E-state index in [0.717, 1.165) is 4.47 Å². The third kappa shape index (κ3) is 3.56. The van der Waals surface area contributed by atoms with Gasteiger partial charge in [-0.3, -0.25) is 4.79 Å². The molecule has 5 heteroatoms. The number of aliphatic carboxylic acids is 1. The number of halogens is 1. The van der Waals surface area contributed by atoms with Crippen LogP contribution in [-0.4, -0.2) is 16.1 Å². The van der Waals surface area contributed by atoms with Crippen LogP contribution in [0.15, 0.2) is 47.1 Å². The molecule has 0 bridgehead atoms. The number of carboxylic acids is 1. The van der Waals surface area contributed by atoms with Gasteiger partial charge >= 0.3 is 5.97 Å².